The lowest BCUT2D eigenvalue weighted by molar-refractivity contribution is 0.420. The van der Waals surface area contributed by atoms with Gasteiger partial charge in [-0.1, -0.05) is 160 Å². The van der Waals surface area contributed by atoms with Gasteiger partial charge in [0.1, 0.15) is 11.2 Å². The molecule has 1 heteroatoms. The van der Waals surface area contributed by atoms with Crippen LogP contribution in [-0.4, -0.2) is 0 Å². The molecule has 1 nitrogen and oxygen atoms in total. The van der Waals surface area contributed by atoms with Gasteiger partial charge in [-0.15, -0.1) is 0 Å². The average Bonchev–Trinajstić information content (AvgIpc) is 3.67. The molecule has 8 aromatic carbocycles. The van der Waals surface area contributed by atoms with Gasteiger partial charge in [0.25, 0.3) is 0 Å². The molecule has 1 unspecified atom stereocenters. The van der Waals surface area contributed by atoms with Crippen molar-refractivity contribution in [3.63, 3.8) is 0 Å². The number of rotatable bonds is 6. The number of allylic oxidation sites excluding steroid dienone is 3. The van der Waals surface area contributed by atoms with Crippen LogP contribution in [0.4, 0.5) is 0 Å². The molecule has 1 heterocycles. The second-order valence-corrected chi connectivity index (χ2v) is 16.4. The van der Waals surface area contributed by atoms with Crippen molar-refractivity contribution in [2.75, 3.05) is 0 Å². The van der Waals surface area contributed by atoms with Crippen molar-refractivity contribution in [3.8, 4) is 11.1 Å². The van der Waals surface area contributed by atoms with Crippen molar-refractivity contribution in [1.29, 1.82) is 0 Å². The molecule has 1 aliphatic rings. The van der Waals surface area contributed by atoms with Crippen molar-refractivity contribution in [2.45, 2.75) is 39.5 Å². The molecule has 1 atom stereocenters. The van der Waals surface area contributed by atoms with Crippen LogP contribution in [0.15, 0.2) is 163 Å². The van der Waals surface area contributed by atoms with Gasteiger partial charge >= 0.3 is 0 Å². The monoisotopic (exact) mass is 720 g/mol. The zero-order chi connectivity index (χ0) is 38.3. The summed E-state index contributed by atoms with van der Waals surface area (Å²) in [5, 5.41) is 9.86. The van der Waals surface area contributed by atoms with Crippen molar-refractivity contribution in [3.05, 3.63) is 192 Å². The van der Waals surface area contributed by atoms with Crippen LogP contribution in [0, 0.1) is 12.8 Å². The van der Waals surface area contributed by atoms with Crippen LogP contribution in [-0.2, 0) is 5.41 Å². The Balaban J connectivity index is 0.977. The molecule has 0 bridgehead atoms. The Labute approximate surface area is 328 Å². The summed E-state index contributed by atoms with van der Waals surface area (Å²) in [6, 6.07) is 52.8. The van der Waals surface area contributed by atoms with Gasteiger partial charge in [-0.3, -0.25) is 0 Å². The van der Waals surface area contributed by atoms with E-state index in [-0.39, 0.29) is 11.3 Å². The Bertz CT molecular complexity index is 3070. The largest absolute Gasteiger partial charge is 0.456 e. The van der Waals surface area contributed by atoms with Gasteiger partial charge in [0.05, 0.1) is 0 Å². The highest BCUT2D eigenvalue weighted by Gasteiger charge is 2.43. The van der Waals surface area contributed by atoms with Gasteiger partial charge in [-0.05, 0) is 143 Å². The molecular weight excluding hydrogens is 677 g/mol. The second kappa shape index (κ2) is 12.8. The zero-order valence-corrected chi connectivity index (χ0v) is 32.5. The molecule has 56 heavy (non-hydrogen) atoms. The molecule has 1 aliphatic carbocycles. The molecule has 0 N–H and O–H groups in total. The second-order valence-electron chi connectivity index (χ2n) is 16.4. The van der Waals surface area contributed by atoms with Gasteiger partial charge in [-0.2, -0.15) is 0 Å². The third-order valence-corrected chi connectivity index (χ3v) is 12.7. The van der Waals surface area contributed by atoms with Gasteiger partial charge < -0.3 is 4.42 Å². The van der Waals surface area contributed by atoms with Crippen LogP contribution in [0.1, 0.15) is 60.6 Å². The lowest BCUT2D eigenvalue weighted by Crippen LogP contribution is -2.23. The maximum atomic E-state index is 6.34. The quantitative estimate of drug-likeness (QED) is 0.123. The fourth-order valence-electron chi connectivity index (χ4n) is 9.80. The SMILES string of the molecule is C=C(CC1C(=C)c2c(ccc3cc4c(cc23)oc2ccccc24)C1(C)C)c1ccc(/C=C(\C)c2c3ccccc3c(-c3ccccc3)c3ccccc23)c(C)c1. The van der Waals surface area contributed by atoms with E-state index in [4.69, 9.17) is 11.0 Å². The van der Waals surface area contributed by atoms with Crippen LogP contribution < -0.4 is 0 Å². The number of fused-ring (bicyclic) bond motifs is 8. The Morgan fingerprint density at radius 3 is 1.98 bits per heavy atom. The van der Waals surface area contributed by atoms with E-state index in [9.17, 15) is 0 Å². The lowest BCUT2D eigenvalue weighted by Gasteiger charge is -2.29. The summed E-state index contributed by atoms with van der Waals surface area (Å²) in [5.74, 6) is 0.226. The summed E-state index contributed by atoms with van der Waals surface area (Å²) in [6.45, 7) is 18.7. The third-order valence-electron chi connectivity index (χ3n) is 12.7. The molecule has 1 aromatic heterocycles. The van der Waals surface area contributed by atoms with E-state index in [2.05, 4.69) is 174 Å². The predicted octanol–water partition coefficient (Wildman–Crippen LogP) is 15.6. The smallest absolute Gasteiger partial charge is 0.136 e. The van der Waals surface area contributed by atoms with E-state index >= 15 is 0 Å². The summed E-state index contributed by atoms with van der Waals surface area (Å²) >= 11 is 0. The van der Waals surface area contributed by atoms with Gasteiger partial charge in [0.2, 0.25) is 0 Å². The van der Waals surface area contributed by atoms with Crippen molar-refractivity contribution < 1.29 is 4.42 Å². The molecule has 0 aliphatic heterocycles. The number of benzene rings is 8. The number of furan rings is 1. The van der Waals surface area contributed by atoms with Gasteiger partial charge in [-0.25, -0.2) is 0 Å². The van der Waals surface area contributed by atoms with Crippen LogP contribution in [0.5, 0.6) is 0 Å². The minimum absolute atomic E-state index is 0.0944. The lowest BCUT2D eigenvalue weighted by atomic mass is 9.74. The summed E-state index contributed by atoms with van der Waals surface area (Å²) < 4.78 is 6.34. The summed E-state index contributed by atoms with van der Waals surface area (Å²) in [6.07, 6.45) is 3.20. The van der Waals surface area contributed by atoms with E-state index in [1.807, 2.05) is 12.1 Å². The van der Waals surface area contributed by atoms with Crippen LogP contribution in [0.2, 0.25) is 0 Å². The van der Waals surface area contributed by atoms with E-state index < -0.39 is 0 Å². The normalized spacial score (nSPS) is 15.4. The predicted molar refractivity (Wildman–Crippen MR) is 242 cm³/mol. The fraction of sp³-hybridized carbons (Fsp3) is 0.127. The highest BCUT2D eigenvalue weighted by atomic mass is 16.3. The first-order valence-corrected chi connectivity index (χ1v) is 19.7. The minimum atomic E-state index is -0.0944. The Morgan fingerprint density at radius 2 is 1.29 bits per heavy atom. The Hall–Kier alpha value is -6.44. The van der Waals surface area contributed by atoms with Crippen molar-refractivity contribution >= 4 is 77.1 Å². The highest BCUT2D eigenvalue weighted by molar-refractivity contribution is 6.19. The first-order chi connectivity index (χ1) is 27.2. The molecule has 9 aromatic rings. The van der Waals surface area contributed by atoms with E-state index in [0.717, 1.165) is 33.9 Å². The molecule has 0 amide bonds. The van der Waals surface area contributed by atoms with E-state index in [1.165, 1.54) is 88.0 Å². The number of para-hydroxylation sites is 1. The van der Waals surface area contributed by atoms with Crippen molar-refractivity contribution in [1.82, 2.24) is 0 Å². The van der Waals surface area contributed by atoms with E-state index in [0.29, 0.717) is 0 Å². The summed E-state index contributed by atoms with van der Waals surface area (Å²) in [7, 11) is 0. The van der Waals surface area contributed by atoms with Gasteiger partial charge in [0.15, 0.2) is 0 Å². The maximum Gasteiger partial charge on any atom is 0.136 e. The van der Waals surface area contributed by atoms with Crippen LogP contribution in [0.3, 0.4) is 0 Å². The number of aryl methyl sites for hydroxylation is 1. The first kappa shape index (κ1) is 34.1. The summed E-state index contributed by atoms with van der Waals surface area (Å²) in [4.78, 5) is 0. The van der Waals surface area contributed by atoms with Crippen LogP contribution in [0.25, 0.3) is 88.2 Å². The molecule has 0 fully saturated rings. The number of hydrogen-bond acceptors (Lipinski definition) is 1. The Morgan fingerprint density at radius 1 is 0.643 bits per heavy atom. The molecule has 0 radical (unpaired) electrons. The highest BCUT2D eigenvalue weighted by Crippen LogP contribution is 2.55. The minimum Gasteiger partial charge on any atom is -0.456 e. The standard InChI is InChI=1S/C55H44O/c1-33-28-38(24-25-39(33)29-35(3)52-42-19-10-12-21-44(42)54(37-16-8-7-9-17-37)45-22-13-11-20-43(45)52)34(2)30-49-36(4)53-46-32-51-47(41-18-14-15-23-50(41)56-51)31-40(46)26-27-48(53)55(49,5)6/h7-29,31-32,49H,2,4,30H2,1,3,5-6H3/b35-29+. The zero-order valence-electron chi connectivity index (χ0n) is 32.5. The molecule has 0 spiro atoms. The maximum absolute atomic E-state index is 6.34. The number of hydrogen-bond donors (Lipinski definition) is 0. The molecule has 270 valence electrons. The topological polar surface area (TPSA) is 13.1 Å². The van der Waals surface area contributed by atoms with Gasteiger partial charge in [0, 0.05) is 10.8 Å². The third kappa shape index (κ3) is 5.22. The molecular formula is C55H44O. The fourth-order valence-corrected chi connectivity index (χ4v) is 9.80. The van der Waals surface area contributed by atoms with Crippen LogP contribution >= 0.6 is 0 Å². The summed E-state index contributed by atoms with van der Waals surface area (Å²) in [5.41, 5.74) is 15.4. The molecule has 0 saturated carbocycles. The van der Waals surface area contributed by atoms with E-state index in [1.54, 1.807) is 0 Å². The first-order valence-electron chi connectivity index (χ1n) is 19.7. The van der Waals surface area contributed by atoms with Crippen molar-refractivity contribution in [2.24, 2.45) is 5.92 Å². The molecule has 10 rings (SSSR count). The Kier molecular flexibility index (Phi) is 7.80. The average molecular weight is 721 g/mol. The molecule has 0 saturated heterocycles.